The number of nitrogens with zero attached hydrogens (tertiary/aromatic N) is 2. The van der Waals surface area contributed by atoms with Crippen molar-refractivity contribution >= 4 is 5.84 Å². The highest BCUT2D eigenvalue weighted by Gasteiger charge is 2.27. The van der Waals surface area contributed by atoms with Gasteiger partial charge in [-0.05, 0) is 19.8 Å². The Morgan fingerprint density at radius 3 is 2.78 bits per heavy atom. The minimum absolute atomic E-state index is 0.756. The molecule has 1 radical (unpaired) electrons. The van der Waals surface area contributed by atoms with Crippen LogP contribution in [0.15, 0.2) is 16.9 Å². The average molecular weight is 121 g/mol. The van der Waals surface area contributed by atoms with Crippen molar-refractivity contribution in [2.45, 2.75) is 19.8 Å². The molecule has 2 nitrogen and oxygen atoms in total. The normalized spacial score (nSPS) is 25.0. The number of hydrogen-bond donors (Lipinski definition) is 0. The summed E-state index contributed by atoms with van der Waals surface area (Å²) >= 11 is 0. The van der Waals surface area contributed by atoms with Gasteiger partial charge in [0.15, 0.2) is 0 Å². The first-order chi connectivity index (χ1) is 4.36. The van der Waals surface area contributed by atoms with Crippen molar-refractivity contribution in [3.05, 3.63) is 11.9 Å². The topological polar surface area (TPSA) is 26.5 Å². The Morgan fingerprint density at radius 1 is 1.56 bits per heavy atom. The van der Waals surface area contributed by atoms with E-state index < -0.39 is 0 Å². The predicted octanol–water partition coefficient (Wildman–Crippen LogP) is 1.27. The number of amidine groups is 1. The molecule has 0 saturated heterocycles. The van der Waals surface area contributed by atoms with Crippen LogP contribution < -0.4 is 5.32 Å². The molecule has 0 amide bonds. The molecule has 2 aliphatic rings. The van der Waals surface area contributed by atoms with Gasteiger partial charge in [0.05, 0.1) is 11.9 Å². The Kier molecular flexibility index (Phi) is 0.891. The number of rotatable bonds is 1. The van der Waals surface area contributed by atoms with Crippen LogP contribution in [-0.4, -0.2) is 5.84 Å². The van der Waals surface area contributed by atoms with E-state index in [-0.39, 0.29) is 0 Å². The van der Waals surface area contributed by atoms with Gasteiger partial charge in [0, 0.05) is 5.92 Å². The zero-order chi connectivity index (χ0) is 6.27. The van der Waals surface area contributed by atoms with Gasteiger partial charge >= 0.3 is 0 Å². The van der Waals surface area contributed by atoms with E-state index in [1.54, 1.807) is 0 Å². The summed E-state index contributed by atoms with van der Waals surface area (Å²) in [7, 11) is 0. The Morgan fingerprint density at radius 2 is 2.33 bits per heavy atom. The molecule has 0 N–H and O–H groups in total. The summed E-state index contributed by atoms with van der Waals surface area (Å²) in [5.41, 5.74) is 1.20. The van der Waals surface area contributed by atoms with E-state index in [1.807, 2.05) is 13.1 Å². The Bertz CT molecular complexity index is 187. The maximum absolute atomic E-state index is 4.26. The van der Waals surface area contributed by atoms with Gasteiger partial charge in [0.2, 0.25) is 0 Å². The smallest absolute Gasteiger partial charge is 0.125 e. The predicted molar refractivity (Wildman–Crippen MR) is 36.0 cm³/mol. The molecular formula is C7H9N2. The molecule has 0 aromatic rings. The second-order valence-corrected chi connectivity index (χ2v) is 2.62. The van der Waals surface area contributed by atoms with E-state index >= 15 is 0 Å². The Hall–Kier alpha value is -0.790. The standard InChI is InChI=1S/C7H9N2/c1-5-8-4-7(9-5)6-2-3-6/h4,6H,2-3H2,1H3. The third-order valence-corrected chi connectivity index (χ3v) is 1.67. The zero-order valence-electron chi connectivity index (χ0n) is 5.46. The molecule has 1 saturated carbocycles. The summed E-state index contributed by atoms with van der Waals surface area (Å²) in [6, 6.07) is 0. The van der Waals surface area contributed by atoms with Crippen molar-refractivity contribution in [3.8, 4) is 0 Å². The lowest BCUT2D eigenvalue weighted by atomic mass is 10.3. The molecule has 47 valence electrons. The summed E-state index contributed by atoms with van der Waals surface area (Å²) in [5.74, 6) is 1.67. The zero-order valence-corrected chi connectivity index (χ0v) is 5.46. The lowest BCUT2D eigenvalue weighted by Gasteiger charge is -1.86. The van der Waals surface area contributed by atoms with Crippen LogP contribution in [0.1, 0.15) is 19.8 Å². The maximum atomic E-state index is 4.26. The van der Waals surface area contributed by atoms with Gasteiger partial charge in [-0.2, -0.15) is 0 Å². The monoisotopic (exact) mass is 121 g/mol. The fourth-order valence-corrected chi connectivity index (χ4v) is 0.980. The van der Waals surface area contributed by atoms with Crippen LogP contribution in [-0.2, 0) is 0 Å². The highest BCUT2D eigenvalue weighted by Crippen LogP contribution is 2.37. The number of aliphatic imine (C=N–C) groups is 1. The SMILES string of the molecule is CC1=NC(C2CC2)=C[N]1. The van der Waals surface area contributed by atoms with Gasteiger partial charge in [0.1, 0.15) is 5.84 Å². The van der Waals surface area contributed by atoms with E-state index in [4.69, 9.17) is 0 Å². The summed E-state index contributed by atoms with van der Waals surface area (Å²) < 4.78 is 0. The quantitative estimate of drug-likeness (QED) is 0.499. The van der Waals surface area contributed by atoms with Crippen molar-refractivity contribution in [2.75, 3.05) is 0 Å². The first-order valence-corrected chi connectivity index (χ1v) is 3.32. The van der Waals surface area contributed by atoms with Gasteiger partial charge < -0.3 is 0 Å². The van der Waals surface area contributed by atoms with E-state index in [2.05, 4.69) is 10.3 Å². The molecule has 1 aliphatic carbocycles. The second kappa shape index (κ2) is 1.59. The van der Waals surface area contributed by atoms with Crippen LogP contribution in [0.3, 0.4) is 0 Å². The van der Waals surface area contributed by atoms with Crippen LogP contribution in [0.2, 0.25) is 0 Å². The molecular weight excluding hydrogens is 112 g/mol. The highest BCUT2D eigenvalue weighted by atomic mass is 15.0. The average Bonchev–Trinajstić information content (AvgIpc) is 2.58. The molecule has 1 fully saturated rings. The molecule has 0 unspecified atom stereocenters. The van der Waals surface area contributed by atoms with E-state index in [0.29, 0.717) is 0 Å². The third kappa shape index (κ3) is 0.846. The molecule has 9 heavy (non-hydrogen) atoms. The van der Waals surface area contributed by atoms with Crippen molar-refractivity contribution < 1.29 is 0 Å². The molecule has 2 heteroatoms. The van der Waals surface area contributed by atoms with Crippen LogP contribution >= 0.6 is 0 Å². The lowest BCUT2D eigenvalue weighted by Crippen LogP contribution is -1.97. The van der Waals surface area contributed by atoms with Gasteiger partial charge in [0.25, 0.3) is 0 Å². The van der Waals surface area contributed by atoms with Crippen LogP contribution in [0.4, 0.5) is 0 Å². The summed E-state index contributed by atoms with van der Waals surface area (Å²) in [5, 5.41) is 4.07. The minimum atomic E-state index is 0.756. The van der Waals surface area contributed by atoms with Crippen molar-refractivity contribution in [2.24, 2.45) is 10.9 Å². The van der Waals surface area contributed by atoms with Crippen LogP contribution in [0.5, 0.6) is 0 Å². The molecule has 0 bridgehead atoms. The molecule has 0 spiro atoms. The Labute approximate surface area is 54.7 Å². The molecule has 0 atom stereocenters. The molecule has 2 rings (SSSR count). The first kappa shape index (κ1) is 5.03. The number of allylic oxidation sites excluding steroid dienone is 1. The number of hydrogen-bond acceptors (Lipinski definition) is 1. The summed E-state index contributed by atoms with van der Waals surface area (Å²) in [6.45, 7) is 1.94. The fraction of sp³-hybridized carbons (Fsp3) is 0.571. The second-order valence-electron chi connectivity index (χ2n) is 2.62. The van der Waals surface area contributed by atoms with Gasteiger partial charge in [-0.15, -0.1) is 0 Å². The fourth-order valence-electron chi connectivity index (χ4n) is 0.980. The van der Waals surface area contributed by atoms with Gasteiger partial charge in [-0.1, -0.05) is 0 Å². The third-order valence-electron chi connectivity index (χ3n) is 1.67. The lowest BCUT2D eigenvalue weighted by molar-refractivity contribution is 0.985. The van der Waals surface area contributed by atoms with E-state index in [9.17, 15) is 0 Å². The van der Waals surface area contributed by atoms with Crippen LogP contribution in [0, 0.1) is 5.92 Å². The Balaban J connectivity index is 2.12. The van der Waals surface area contributed by atoms with E-state index in [0.717, 1.165) is 11.8 Å². The molecule has 0 aromatic heterocycles. The minimum Gasteiger partial charge on any atom is -0.240 e. The van der Waals surface area contributed by atoms with Crippen LogP contribution in [0.25, 0.3) is 0 Å². The summed E-state index contributed by atoms with van der Waals surface area (Å²) in [4.78, 5) is 4.26. The van der Waals surface area contributed by atoms with Crippen molar-refractivity contribution in [1.29, 1.82) is 0 Å². The largest absolute Gasteiger partial charge is 0.240 e. The molecule has 1 heterocycles. The maximum Gasteiger partial charge on any atom is 0.125 e. The first-order valence-electron chi connectivity index (χ1n) is 3.32. The van der Waals surface area contributed by atoms with Gasteiger partial charge in [-0.25, -0.2) is 10.3 Å². The highest BCUT2D eigenvalue weighted by molar-refractivity contribution is 5.83. The van der Waals surface area contributed by atoms with Crippen molar-refractivity contribution in [1.82, 2.24) is 5.32 Å². The molecule has 0 aromatic carbocycles. The molecule has 1 aliphatic heterocycles. The van der Waals surface area contributed by atoms with E-state index in [1.165, 1.54) is 18.5 Å². The van der Waals surface area contributed by atoms with Crippen molar-refractivity contribution in [3.63, 3.8) is 0 Å². The summed E-state index contributed by atoms with van der Waals surface area (Å²) in [6.07, 6.45) is 4.53. The van der Waals surface area contributed by atoms with Gasteiger partial charge in [-0.3, -0.25) is 0 Å².